The van der Waals surface area contributed by atoms with Crippen LogP contribution < -0.4 is 5.56 Å². The van der Waals surface area contributed by atoms with Crippen molar-refractivity contribution in [2.45, 2.75) is 27.3 Å². The number of rotatable bonds is 4. The maximum absolute atomic E-state index is 12.6. The number of hydrogen-bond donors (Lipinski definition) is 1. The molecule has 1 aromatic heterocycles. The summed E-state index contributed by atoms with van der Waals surface area (Å²) in [6.45, 7) is 5.70. The molecule has 24 heavy (non-hydrogen) atoms. The molecule has 0 fully saturated rings. The van der Waals surface area contributed by atoms with Gasteiger partial charge in [-0.2, -0.15) is 5.26 Å². The molecule has 0 atom stereocenters. The van der Waals surface area contributed by atoms with Crippen molar-refractivity contribution in [3.63, 3.8) is 0 Å². The molecular formula is C17H17BrN4O2. The lowest BCUT2D eigenvalue weighted by Gasteiger charge is -2.14. The number of aromatic nitrogens is 1. The van der Waals surface area contributed by atoms with Gasteiger partial charge in [-0.05, 0) is 40.9 Å². The fourth-order valence-corrected chi connectivity index (χ4v) is 2.59. The summed E-state index contributed by atoms with van der Waals surface area (Å²) in [7, 11) is 0. The van der Waals surface area contributed by atoms with Gasteiger partial charge in [0.05, 0.1) is 5.69 Å². The Kier molecular flexibility index (Phi) is 5.52. The van der Waals surface area contributed by atoms with Crippen LogP contribution in [0.4, 0.5) is 11.4 Å². The molecule has 1 heterocycles. The average Bonchev–Trinajstić information content (AvgIpc) is 2.53. The van der Waals surface area contributed by atoms with Gasteiger partial charge in [0.2, 0.25) is 5.88 Å². The van der Waals surface area contributed by atoms with Gasteiger partial charge in [0.15, 0.2) is 5.69 Å². The summed E-state index contributed by atoms with van der Waals surface area (Å²) in [5.41, 5.74) is 0.514. The van der Waals surface area contributed by atoms with Crippen LogP contribution in [0.5, 0.6) is 5.88 Å². The molecule has 0 aliphatic carbocycles. The number of aromatic hydroxyl groups is 1. The van der Waals surface area contributed by atoms with E-state index in [0.29, 0.717) is 11.3 Å². The summed E-state index contributed by atoms with van der Waals surface area (Å²) in [6, 6.07) is 9.15. The van der Waals surface area contributed by atoms with E-state index in [9.17, 15) is 15.2 Å². The molecule has 0 spiro atoms. The topological polar surface area (TPSA) is 90.7 Å². The molecule has 7 heteroatoms. The maximum atomic E-state index is 12.6. The maximum Gasteiger partial charge on any atom is 0.281 e. The van der Waals surface area contributed by atoms with Crippen molar-refractivity contribution < 1.29 is 5.11 Å². The van der Waals surface area contributed by atoms with Crippen molar-refractivity contribution in [1.82, 2.24) is 4.57 Å². The van der Waals surface area contributed by atoms with Crippen molar-refractivity contribution in [2.24, 2.45) is 16.1 Å². The van der Waals surface area contributed by atoms with Crippen molar-refractivity contribution >= 4 is 27.3 Å². The number of benzene rings is 1. The van der Waals surface area contributed by atoms with Gasteiger partial charge >= 0.3 is 0 Å². The van der Waals surface area contributed by atoms with Gasteiger partial charge < -0.3 is 5.11 Å². The third-order valence-corrected chi connectivity index (χ3v) is 4.10. The van der Waals surface area contributed by atoms with Crippen molar-refractivity contribution in [3.8, 4) is 11.9 Å². The minimum absolute atomic E-state index is 0.0383. The molecule has 0 unspecified atom stereocenters. The molecule has 2 rings (SSSR count). The zero-order chi connectivity index (χ0) is 17.9. The molecule has 0 radical (unpaired) electrons. The zero-order valence-electron chi connectivity index (χ0n) is 13.6. The van der Waals surface area contributed by atoms with E-state index in [1.54, 1.807) is 19.1 Å². The van der Waals surface area contributed by atoms with Crippen LogP contribution in [-0.2, 0) is 6.54 Å². The Bertz CT molecular complexity index is 895. The number of nitriles is 1. The lowest BCUT2D eigenvalue weighted by Crippen LogP contribution is -2.24. The van der Waals surface area contributed by atoms with Crippen LogP contribution in [0, 0.1) is 24.2 Å². The minimum Gasteiger partial charge on any atom is -0.493 e. The molecule has 124 valence electrons. The van der Waals surface area contributed by atoms with E-state index in [0.717, 1.165) is 4.47 Å². The predicted octanol–water partition coefficient (Wildman–Crippen LogP) is 4.57. The Hall–Kier alpha value is -2.46. The second kappa shape index (κ2) is 7.41. The first-order valence-electron chi connectivity index (χ1n) is 7.39. The van der Waals surface area contributed by atoms with Crippen LogP contribution in [-0.4, -0.2) is 9.67 Å². The lowest BCUT2D eigenvalue weighted by molar-refractivity contribution is 0.381. The Morgan fingerprint density at radius 2 is 2.00 bits per heavy atom. The first-order chi connectivity index (χ1) is 11.4. The molecule has 0 aliphatic heterocycles. The number of halogens is 1. The molecule has 6 nitrogen and oxygen atoms in total. The fraction of sp³-hybridized carbons (Fsp3) is 0.294. The second-order valence-electron chi connectivity index (χ2n) is 5.75. The Morgan fingerprint density at radius 3 is 2.58 bits per heavy atom. The van der Waals surface area contributed by atoms with Gasteiger partial charge in [0, 0.05) is 16.6 Å². The summed E-state index contributed by atoms with van der Waals surface area (Å²) in [5, 5.41) is 27.7. The van der Waals surface area contributed by atoms with Crippen LogP contribution in [0.1, 0.15) is 25.0 Å². The molecule has 1 aromatic carbocycles. The zero-order valence-corrected chi connectivity index (χ0v) is 15.2. The minimum atomic E-state index is -0.464. The summed E-state index contributed by atoms with van der Waals surface area (Å²) in [4.78, 5) is 12.6. The SMILES string of the molecule is Cc1c(C#N)c(O)n(CC(C)C)c(=O)c1N=Nc1ccccc1Br. The van der Waals surface area contributed by atoms with Gasteiger partial charge in [0.1, 0.15) is 11.6 Å². The molecule has 1 N–H and O–H groups in total. The smallest absolute Gasteiger partial charge is 0.281 e. The van der Waals surface area contributed by atoms with E-state index in [4.69, 9.17) is 0 Å². The molecular weight excluding hydrogens is 372 g/mol. The molecule has 0 aliphatic rings. The van der Waals surface area contributed by atoms with Crippen LogP contribution in [0.3, 0.4) is 0 Å². The largest absolute Gasteiger partial charge is 0.493 e. The number of pyridine rings is 1. The van der Waals surface area contributed by atoms with E-state index >= 15 is 0 Å². The number of nitrogens with zero attached hydrogens (tertiary/aromatic N) is 4. The highest BCUT2D eigenvalue weighted by Crippen LogP contribution is 2.29. The predicted molar refractivity (Wildman–Crippen MR) is 95.0 cm³/mol. The van der Waals surface area contributed by atoms with Gasteiger partial charge in [-0.1, -0.05) is 26.0 Å². The Morgan fingerprint density at radius 1 is 1.33 bits per heavy atom. The summed E-state index contributed by atoms with van der Waals surface area (Å²) < 4.78 is 1.91. The van der Waals surface area contributed by atoms with Crippen LogP contribution in [0.15, 0.2) is 43.8 Å². The standard InChI is InChI=1S/C17H17BrN4O2/c1-10(2)9-22-16(23)12(8-19)11(3)15(17(22)24)21-20-14-7-5-4-6-13(14)18/h4-7,10,23H,9H2,1-3H3. The highest BCUT2D eigenvalue weighted by atomic mass is 79.9. The van der Waals surface area contributed by atoms with Crippen molar-refractivity contribution in [3.05, 3.63) is 50.2 Å². The molecule has 0 saturated carbocycles. The highest BCUT2D eigenvalue weighted by molar-refractivity contribution is 9.10. The van der Waals surface area contributed by atoms with Crippen LogP contribution in [0.25, 0.3) is 0 Å². The van der Waals surface area contributed by atoms with E-state index in [-0.39, 0.29) is 29.6 Å². The Balaban J connectivity index is 2.64. The second-order valence-corrected chi connectivity index (χ2v) is 6.60. The molecule has 0 saturated heterocycles. The molecule has 0 amide bonds. The van der Waals surface area contributed by atoms with Crippen LogP contribution in [0.2, 0.25) is 0 Å². The molecule has 2 aromatic rings. The monoisotopic (exact) mass is 388 g/mol. The van der Waals surface area contributed by atoms with Crippen molar-refractivity contribution in [2.75, 3.05) is 0 Å². The summed E-state index contributed by atoms with van der Waals surface area (Å²) in [6.07, 6.45) is 0. The van der Waals surface area contributed by atoms with Gasteiger partial charge in [-0.3, -0.25) is 9.36 Å². The van der Waals surface area contributed by atoms with E-state index in [2.05, 4.69) is 26.2 Å². The Labute approximate surface area is 148 Å². The number of hydrogen-bond acceptors (Lipinski definition) is 5. The van der Waals surface area contributed by atoms with Gasteiger partial charge in [-0.25, -0.2) is 0 Å². The van der Waals surface area contributed by atoms with Crippen molar-refractivity contribution in [1.29, 1.82) is 5.26 Å². The first-order valence-corrected chi connectivity index (χ1v) is 8.18. The van der Waals surface area contributed by atoms with E-state index < -0.39 is 5.56 Å². The third kappa shape index (κ3) is 3.54. The number of azo groups is 1. The van der Waals surface area contributed by atoms with Gasteiger partial charge in [-0.15, -0.1) is 10.2 Å². The quantitative estimate of drug-likeness (QED) is 0.777. The fourth-order valence-electron chi connectivity index (χ4n) is 2.23. The third-order valence-electron chi connectivity index (χ3n) is 3.43. The van der Waals surface area contributed by atoms with Crippen LogP contribution >= 0.6 is 15.9 Å². The molecule has 0 bridgehead atoms. The van der Waals surface area contributed by atoms with E-state index in [1.807, 2.05) is 32.0 Å². The first kappa shape index (κ1) is 17.9. The summed E-state index contributed by atoms with van der Waals surface area (Å²) >= 11 is 3.36. The van der Waals surface area contributed by atoms with Gasteiger partial charge in [0.25, 0.3) is 5.56 Å². The normalized spacial score (nSPS) is 11.2. The summed E-state index contributed by atoms with van der Waals surface area (Å²) in [5.74, 6) is -0.204. The average molecular weight is 389 g/mol. The van der Waals surface area contributed by atoms with E-state index in [1.165, 1.54) is 4.57 Å². The highest BCUT2D eigenvalue weighted by Gasteiger charge is 2.19. The lowest BCUT2D eigenvalue weighted by atomic mass is 10.1.